The minimum absolute atomic E-state index is 0.0176. The molecule has 0 bridgehead atoms. The first kappa shape index (κ1) is 16.6. The lowest BCUT2D eigenvalue weighted by Gasteiger charge is -2.49. The highest BCUT2D eigenvalue weighted by molar-refractivity contribution is 5.86. The first-order chi connectivity index (χ1) is 11.2. The Balaban J connectivity index is 1.95. The predicted molar refractivity (Wildman–Crippen MR) is 87.2 cm³/mol. The van der Waals surface area contributed by atoms with Gasteiger partial charge in [0.1, 0.15) is 18.7 Å². The number of rotatable bonds is 2. The van der Waals surface area contributed by atoms with E-state index < -0.39 is 23.8 Å². The van der Waals surface area contributed by atoms with Crippen molar-refractivity contribution in [2.45, 2.75) is 31.6 Å². The summed E-state index contributed by atoms with van der Waals surface area (Å²) in [5.74, 6) is 0.635. The van der Waals surface area contributed by atoms with E-state index in [0.29, 0.717) is 12.5 Å². The number of carbonyl (C=O) groups is 1. The molecule has 0 aromatic heterocycles. The van der Waals surface area contributed by atoms with Crippen LogP contribution in [0.25, 0.3) is 0 Å². The first-order valence-electron chi connectivity index (χ1n) is 7.98. The average molecular weight is 339 g/mol. The highest BCUT2D eigenvalue weighted by Gasteiger charge is 2.67. The third kappa shape index (κ3) is 2.02. The summed E-state index contributed by atoms with van der Waals surface area (Å²) < 4.78 is 5.27. The second-order valence-corrected chi connectivity index (χ2v) is 6.93. The zero-order chi connectivity index (χ0) is 17.8. The van der Waals surface area contributed by atoms with Crippen LogP contribution in [0.2, 0.25) is 0 Å². The number of amides is 1. The smallest absolute Gasteiger partial charge is 0.409 e. The van der Waals surface area contributed by atoms with E-state index in [4.69, 9.17) is 16.2 Å². The molecule has 1 spiro atoms. The molecule has 5 atom stereocenters. The van der Waals surface area contributed by atoms with Gasteiger partial charge in [-0.15, -0.1) is 0 Å². The van der Waals surface area contributed by atoms with Crippen LogP contribution in [0.1, 0.15) is 13.8 Å². The molecule has 5 unspecified atom stereocenters. The van der Waals surface area contributed by atoms with Crippen molar-refractivity contribution in [1.82, 2.24) is 14.9 Å². The van der Waals surface area contributed by atoms with Crippen molar-refractivity contribution in [3.05, 3.63) is 0 Å². The largest absolute Gasteiger partial charge is 0.447 e. The molecule has 3 aliphatic rings. The Morgan fingerprint density at radius 1 is 1.38 bits per heavy atom. The third-order valence-electron chi connectivity index (χ3n) is 5.37. The third-order valence-corrected chi connectivity index (χ3v) is 5.37. The highest BCUT2D eigenvalue weighted by Crippen LogP contribution is 2.49. The van der Waals surface area contributed by atoms with E-state index in [1.54, 1.807) is 14.1 Å². The lowest BCUT2D eigenvalue weighted by Crippen LogP contribution is -2.71. The average Bonchev–Trinajstić information content (AvgIpc) is 2.95. The Labute approximate surface area is 140 Å². The van der Waals surface area contributed by atoms with Gasteiger partial charge in [-0.25, -0.2) is 14.8 Å². The SMILES string of the molecule is CC1CN2C(N)=NC(COC(=O)N(C)C)C3N=C(N)N(O)C32C1C. The summed E-state index contributed by atoms with van der Waals surface area (Å²) in [5.41, 5.74) is 11.2. The summed E-state index contributed by atoms with van der Waals surface area (Å²) in [4.78, 5) is 23.8. The van der Waals surface area contributed by atoms with Gasteiger partial charge in [0.2, 0.25) is 5.96 Å². The minimum Gasteiger partial charge on any atom is -0.447 e. The van der Waals surface area contributed by atoms with E-state index in [1.807, 2.05) is 11.8 Å². The lowest BCUT2D eigenvalue weighted by molar-refractivity contribution is -0.168. The zero-order valence-electron chi connectivity index (χ0n) is 14.4. The second-order valence-electron chi connectivity index (χ2n) is 6.93. The molecule has 10 nitrogen and oxygen atoms in total. The first-order valence-corrected chi connectivity index (χ1v) is 7.98. The second kappa shape index (κ2) is 5.40. The molecule has 10 heteroatoms. The molecule has 0 aliphatic carbocycles. The minimum atomic E-state index is -0.884. The fourth-order valence-electron chi connectivity index (χ4n) is 3.96. The van der Waals surface area contributed by atoms with Crippen LogP contribution in [0.5, 0.6) is 0 Å². The molecule has 0 aromatic carbocycles. The molecule has 1 saturated heterocycles. The Kier molecular flexibility index (Phi) is 3.74. The molecular weight excluding hydrogens is 314 g/mol. The molecule has 3 aliphatic heterocycles. The molecule has 0 radical (unpaired) electrons. The summed E-state index contributed by atoms with van der Waals surface area (Å²) in [6, 6.07) is -0.974. The lowest BCUT2D eigenvalue weighted by atomic mass is 9.80. The quantitative estimate of drug-likeness (QED) is 0.591. The maximum Gasteiger partial charge on any atom is 0.409 e. The standard InChI is InChI=1S/C14H25N7O3/c1-7-5-20-11(15)17-9(6-24-13(22)19(3)4)10-14(20,8(7)2)21(23)12(16)18-10/h7-10,23H,5-6H2,1-4H3,(H2,15,17)(H2,16,18). The van der Waals surface area contributed by atoms with E-state index in [9.17, 15) is 10.0 Å². The molecule has 3 heterocycles. The van der Waals surface area contributed by atoms with Gasteiger partial charge >= 0.3 is 6.09 Å². The van der Waals surface area contributed by atoms with Crippen molar-refractivity contribution in [1.29, 1.82) is 0 Å². The van der Waals surface area contributed by atoms with Crippen molar-refractivity contribution in [3.8, 4) is 0 Å². The molecule has 0 saturated carbocycles. The normalized spacial score (nSPS) is 37.5. The Morgan fingerprint density at radius 3 is 2.67 bits per heavy atom. The summed E-state index contributed by atoms with van der Waals surface area (Å²) in [6.07, 6.45) is -0.469. The summed E-state index contributed by atoms with van der Waals surface area (Å²) in [7, 11) is 3.21. The number of hydrogen-bond donors (Lipinski definition) is 3. The number of hydroxylamine groups is 2. The van der Waals surface area contributed by atoms with Gasteiger partial charge in [-0.3, -0.25) is 5.21 Å². The van der Waals surface area contributed by atoms with Gasteiger partial charge in [0.15, 0.2) is 11.6 Å². The molecule has 1 fully saturated rings. The number of ether oxygens (including phenoxy) is 1. The van der Waals surface area contributed by atoms with E-state index in [1.165, 1.54) is 4.90 Å². The molecule has 0 aromatic rings. The molecule has 1 amide bonds. The molecular formula is C14H25N7O3. The zero-order valence-corrected chi connectivity index (χ0v) is 14.4. The van der Waals surface area contributed by atoms with Crippen LogP contribution < -0.4 is 11.5 Å². The van der Waals surface area contributed by atoms with Crippen molar-refractivity contribution < 1.29 is 14.7 Å². The Morgan fingerprint density at radius 2 is 2.04 bits per heavy atom. The van der Waals surface area contributed by atoms with Gasteiger partial charge in [0.25, 0.3) is 0 Å². The van der Waals surface area contributed by atoms with Crippen LogP contribution in [-0.2, 0) is 4.74 Å². The Bertz CT molecular complexity index is 607. The van der Waals surface area contributed by atoms with Crippen LogP contribution in [0, 0.1) is 11.8 Å². The number of nitrogens with zero attached hydrogens (tertiary/aromatic N) is 5. The van der Waals surface area contributed by atoms with Gasteiger partial charge in [-0.2, -0.15) is 5.06 Å². The topological polar surface area (TPSA) is 133 Å². The van der Waals surface area contributed by atoms with Gasteiger partial charge < -0.3 is 26.0 Å². The van der Waals surface area contributed by atoms with Crippen LogP contribution in [0.15, 0.2) is 9.98 Å². The van der Waals surface area contributed by atoms with Crippen LogP contribution >= 0.6 is 0 Å². The number of aliphatic imine (C=N–C) groups is 2. The summed E-state index contributed by atoms with van der Waals surface area (Å²) >= 11 is 0. The summed E-state index contributed by atoms with van der Waals surface area (Å²) in [6.45, 7) is 4.79. The van der Waals surface area contributed by atoms with E-state index in [0.717, 1.165) is 5.06 Å². The number of hydrogen-bond acceptors (Lipinski definition) is 9. The van der Waals surface area contributed by atoms with Crippen molar-refractivity contribution in [3.63, 3.8) is 0 Å². The van der Waals surface area contributed by atoms with Crippen LogP contribution in [0.4, 0.5) is 4.79 Å². The van der Waals surface area contributed by atoms with Gasteiger partial charge in [-0.1, -0.05) is 13.8 Å². The Hall–Kier alpha value is -2.23. The van der Waals surface area contributed by atoms with Crippen LogP contribution in [0.3, 0.4) is 0 Å². The maximum atomic E-state index is 11.7. The van der Waals surface area contributed by atoms with Crippen molar-refractivity contribution >= 4 is 18.0 Å². The van der Waals surface area contributed by atoms with Gasteiger partial charge in [0, 0.05) is 26.6 Å². The monoisotopic (exact) mass is 339 g/mol. The number of guanidine groups is 2. The summed E-state index contributed by atoms with van der Waals surface area (Å²) in [5, 5.41) is 11.7. The van der Waals surface area contributed by atoms with E-state index in [-0.39, 0.29) is 24.4 Å². The van der Waals surface area contributed by atoms with Gasteiger partial charge in [0.05, 0.1) is 0 Å². The molecule has 3 rings (SSSR count). The molecule has 24 heavy (non-hydrogen) atoms. The van der Waals surface area contributed by atoms with E-state index >= 15 is 0 Å². The molecule has 134 valence electrons. The van der Waals surface area contributed by atoms with Gasteiger partial charge in [-0.05, 0) is 5.92 Å². The van der Waals surface area contributed by atoms with Crippen molar-refractivity contribution in [2.24, 2.45) is 33.3 Å². The number of carbonyl (C=O) groups excluding carboxylic acids is 1. The fraction of sp³-hybridized carbons (Fsp3) is 0.786. The highest BCUT2D eigenvalue weighted by atomic mass is 16.6. The van der Waals surface area contributed by atoms with E-state index in [2.05, 4.69) is 16.9 Å². The number of nitrogens with two attached hydrogens (primary N) is 2. The van der Waals surface area contributed by atoms with Crippen molar-refractivity contribution in [2.75, 3.05) is 27.2 Å². The fourth-order valence-corrected chi connectivity index (χ4v) is 3.96. The maximum absolute atomic E-state index is 11.7. The predicted octanol–water partition coefficient (Wildman–Crippen LogP) is -0.946. The van der Waals surface area contributed by atoms with Crippen LogP contribution in [-0.4, -0.2) is 83.1 Å². The molecule has 5 N–H and O–H groups in total.